The number of hydrogen-bond donors (Lipinski definition) is 1. The van der Waals surface area contributed by atoms with E-state index in [0.29, 0.717) is 30.5 Å². The van der Waals surface area contributed by atoms with E-state index in [0.717, 1.165) is 11.4 Å². The molecule has 0 spiro atoms. The first kappa shape index (κ1) is 12.5. The quantitative estimate of drug-likeness (QED) is 0.854. The smallest absolute Gasteiger partial charge is 0.253 e. The number of nitrogens with zero attached hydrogens (tertiary/aromatic N) is 3. The standard InChI is InChI=1S/C12H16N4O2/c1-8-3-4-11(10(14-8)5-6-13)17-7-12-16-15-9(2)18-12/h3-4H,5-7,13H2,1-2H3. The molecule has 2 aromatic rings. The Morgan fingerprint density at radius 3 is 2.78 bits per heavy atom. The Hall–Kier alpha value is -1.95. The molecular weight excluding hydrogens is 232 g/mol. The molecule has 0 atom stereocenters. The minimum absolute atomic E-state index is 0.239. The number of aryl methyl sites for hydroxylation is 2. The largest absolute Gasteiger partial charge is 0.482 e. The van der Waals surface area contributed by atoms with E-state index in [1.807, 2.05) is 19.1 Å². The van der Waals surface area contributed by atoms with Crippen molar-refractivity contribution in [1.29, 1.82) is 0 Å². The summed E-state index contributed by atoms with van der Waals surface area (Å²) in [5.41, 5.74) is 7.35. The van der Waals surface area contributed by atoms with Crippen LogP contribution in [-0.4, -0.2) is 21.7 Å². The fraction of sp³-hybridized carbons (Fsp3) is 0.417. The normalized spacial score (nSPS) is 10.6. The first-order valence-electron chi connectivity index (χ1n) is 5.77. The molecule has 0 unspecified atom stereocenters. The van der Waals surface area contributed by atoms with Gasteiger partial charge in [-0.15, -0.1) is 10.2 Å². The van der Waals surface area contributed by atoms with Crippen LogP contribution in [0.25, 0.3) is 0 Å². The lowest BCUT2D eigenvalue weighted by Crippen LogP contribution is -2.08. The SMILES string of the molecule is Cc1ccc(OCc2nnc(C)o2)c(CCN)n1. The van der Waals surface area contributed by atoms with Crippen molar-refractivity contribution in [2.45, 2.75) is 26.9 Å². The lowest BCUT2D eigenvalue weighted by Gasteiger charge is -2.09. The summed E-state index contributed by atoms with van der Waals surface area (Å²) < 4.78 is 10.9. The van der Waals surface area contributed by atoms with Gasteiger partial charge in [-0.05, 0) is 25.6 Å². The molecule has 0 radical (unpaired) electrons. The number of nitrogens with two attached hydrogens (primary N) is 1. The maximum atomic E-state index is 5.63. The summed E-state index contributed by atoms with van der Waals surface area (Å²) in [4.78, 5) is 4.41. The molecule has 2 heterocycles. The van der Waals surface area contributed by atoms with Gasteiger partial charge in [0.1, 0.15) is 5.75 Å². The number of aromatic nitrogens is 3. The lowest BCUT2D eigenvalue weighted by molar-refractivity contribution is 0.257. The van der Waals surface area contributed by atoms with Crippen LogP contribution >= 0.6 is 0 Å². The number of rotatable bonds is 5. The Morgan fingerprint density at radius 2 is 2.11 bits per heavy atom. The Morgan fingerprint density at radius 1 is 1.28 bits per heavy atom. The topological polar surface area (TPSA) is 87.1 Å². The van der Waals surface area contributed by atoms with Crippen LogP contribution in [0.3, 0.4) is 0 Å². The van der Waals surface area contributed by atoms with Crippen molar-refractivity contribution >= 4 is 0 Å². The average Bonchev–Trinajstić information content (AvgIpc) is 2.75. The minimum Gasteiger partial charge on any atom is -0.482 e. The van der Waals surface area contributed by atoms with Crippen molar-refractivity contribution in [2.75, 3.05) is 6.54 Å². The average molecular weight is 248 g/mol. The highest BCUT2D eigenvalue weighted by Crippen LogP contribution is 2.18. The number of hydrogen-bond acceptors (Lipinski definition) is 6. The molecule has 0 fully saturated rings. The summed E-state index contributed by atoms with van der Waals surface area (Å²) in [6.45, 7) is 4.45. The van der Waals surface area contributed by atoms with Crippen LogP contribution < -0.4 is 10.5 Å². The molecule has 6 heteroatoms. The number of ether oxygens (including phenoxy) is 1. The molecule has 0 aliphatic carbocycles. The van der Waals surface area contributed by atoms with Gasteiger partial charge in [-0.3, -0.25) is 4.98 Å². The molecule has 0 saturated carbocycles. The number of pyridine rings is 1. The van der Waals surface area contributed by atoms with Gasteiger partial charge < -0.3 is 14.9 Å². The highest BCUT2D eigenvalue weighted by Gasteiger charge is 2.08. The first-order valence-corrected chi connectivity index (χ1v) is 5.77. The predicted molar refractivity (Wildman–Crippen MR) is 65.1 cm³/mol. The molecule has 2 rings (SSSR count). The Balaban J connectivity index is 2.08. The highest BCUT2D eigenvalue weighted by atomic mass is 16.5. The molecule has 0 amide bonds. The molecule has 0 aromatic carbocycles. The Bertz CT molecular complexity index is 525. The zero-order chi connectivity index (χ0) is 13.0. The fourth-order valence-electron chi connectivity index (χ4n) is 1.58. The van der Waals surface area contributed by atoms with E-state index in [4.69, 9.17) is 14.9 Å². The maximum Gasteiger partial charge on any atom is 0.253 e. The summed E-state index contributed by atoms with van der Waals surface area (Å²) in [5.74, 6) is 1.69. The van der Waals surface area contributed by atoms with E-state index in [2.05, 4.69) is 15.2 Å². The van der Waals surface area contributed by atoms with Crippen LogP contribution in [0, 0.1) is 13.8 Å². The maximum absolute atomic E-state index is 5.63. The van der Waals surface area contributed by atoms with E-state index < -0.39 is 0 Å². The summed E-state index contributed by atoms with van der Waals surface area (Å²) in [6.07, 6.45) is 0.680. The Labute approximate surface area is 105 Å². The fourth-order valence-corrected chi connectivity index (χ4v) is 1.58. The molecule has 0 aliphatic rings. The minimum atomic E-state index is 0.239. The summed E-state index contributed by atoms with van der Waals surface area (Å²) in [5, 5.41) is 7.61. The third-order valence-electron chi connectivity index (χ3n) is 2.37. The monoisotopic (exact) mass is 248 g/mol. The van der Waals surface area contributed by atoms with Crippen LogP contribution in [0.4, 0.5) is 0 Å². The summed E-state index contributed by atoms with van der Waals surface area (Å²) in [7, 11) is 0. The van der Waals surface area contributed by atoms with Crippen LogP contribution in [-0.2, 0) is 13.0 Å². The molecule has 2 aromatic heterocycles. The van der Waals surface area contributed by atoms with Crippen LogP contribution in [0.15, 0.2) is 16.5 Å². The van der Waals surface area contributed by atoms with Gasteiger partial charge in [0.15, 0.2) is 6.61 Å². The van der Waals surface area contributed by atoms with Gasteiger partial charge in [0.25, 0.3) is 5.89 Å². The molecule has 2 N–H and O–H groups in total. The second-order valence-electron chi connectivity index (χ2n) is 3.94. The van der Waals surface area contributed by atoms with Gasteiger partial charge in [0, 0.05) is 19.0 Å². The van der Waals surface area contributed by atoms with Crippen molar-refractivity contribution in [2.24, 2.45) is 5.73 Å². The first-order chi connectivity index (χ1) is 8.69. The van der Waals surface area contributed by atoms with Crippen molar-refractivity contribution < 1.29 is 9.15 Å². The lowest BCUT2D eigenvalue weighted by atomic mass is 10.2. The molecule has 96 valence electrons. The van der Waals surface area contributed by atoms with Crippen LogP contribution in [0.1, 0.15) is 23.2 Å². The van der Waals surface area contributed by atoms with E-state index in [-0.39, 0.29) is 6.61 Å². The van der Waals surface area contributed by atoms with E-state index in [9.17, 15) is 0 Å². The predicted octanol–water partition coefficient (Wildman–Crippen LogP) is 1.16. The van der Waals surface area contributed by atoms with Gasteiger partial charge in [0.05, 0.1) is 5.69 Å². The van der Waals surface area contributed by atoms with Crippen molar-refractivity contribution in [1.82, 2.24) is 15.2 Å². The molecule has 6 nitrogen and oxygen atoms in total. The zero-order valence-corrected chi connectivity index (χ0v) is 10.5. The van der Waals surface area contributed by atoms with Crippen molar-refractivity contribution in [3.05, 3.63) is 35.3 Å². The van der Waals surface area contributed by atoms with Crippen LogP contribution in [0.2, 0.25) is 0 Å². The molecular formula is C12H16N4O2. The highest BCUT2D eigenvalue weighted by molar-refractivity contribution is 5.29. The van der Waals surface area contributed by atoms with Gasteiger partial charge in [0.2, 0.25) is 5.89 Å². The van der Waals surface area contributed by atoms with E-state index in [1.54, 1.807) is 6.92 Å². The van der Waals surface area contributed by atoms with Gasteiger partial charge in [-0.1, -0.05) is 0 Å². The third-order valence-corrected chi connectivity index (χ3v) is 2.37. The molecule has 0 aliphatic heterocycles. The van der Waals surface area contributed by atoms with E-state index in [1.165, 1.54) is 0 Å². The van der Waals surface area contributed by atoms with Crippen LogP contribution in [0.5, 0.6) is 5.75 Å². The molecule has 0 bridgehead atoms. The Kier molecular flexibility index (Phi) is 3.88. The molecule has 0 saturated heterocycles. The second-order valence-corrected chi connectivity index (χ2v) is 3.94. The zero-order valence-electron chi connectivity index (χ0n) is 10.5. The van der Waals surface area contributed by atoms with Gasteiger partial charge in [-0.2, -0.15) is 0 Å². The molecule has 18 heavy (non-hydrogen) atoms. The third kappa shape index (κ3) is 3.04. The summed E-state index contributed by atoms with van der Waals surface area (Å²) in [6, 6.07) is 3.78. The van der Waals surface area contributed by atoms with Gasteiger partial charge in [-0.25, -0.2) is 0 Å². The summed E-state index contributed by atoms with van der Waals surface area (Å²) >= 11 is 0. The van der Waals surface area contributed by atoms with E-state index >= 15 is 0 Å². The second kappa shape index (κ2) is 5.59. The van der Waals surface area contributed by atoms with Crippen molar-refractivity contribution in [3.8, 4) is 5.75 Å². The van der Waals surface area contributed by atoms with Gasteiger partial charge >= 0.3 is 0 Å². The van der Waals surface area contributed by atoms with Crippen molar-refractivity contribution in [3.63, 3.8) is 0 Å².